The van der Waals surface area contributed by atoms with Gasteiger partial charge in [0.1, 0.15) is 18.0 Å². The first-order chi connectivity index (χ1) is 12.0. The number of likely N-dealkylation sites (N-methyl/N-ethyl adjacent to an activating group) is 1. The highest BCUT2D eigenvalue weighted by Crippen LogP contribution is 2.33. The van der Waals surface area contributed by atoms with Crippen LogP contribution in [-0.2, 0) is 10.0 Å². The Morgan fingerprint density at radius 3 is 2.80 bits per heavy atom. The Balaban J connectivity index is 1.62. The Bertz CT molecular complexity index is 901. The van der Waals surface area contributed by atoms with Crippen LogP contribution in [-0.4, -0.2) is 54.1 Å². The summed E-state index contributed by atoms with van der Waals surface area (Å²) >= 11 is 0. The molecule has 1 saturated heterocycles. The van der Waals surface area contributed by atoms with Crippen molar-refractivity contribution in [2.75, 3.05) is 25.0 Å². The number of piperidine rings is 1. The normalized spacial score (nSPS) is 21.9. The molecular formula is C17H21FN4O2S. The molecule has 2 aromatic rings. The molecule has 0 spiro atoms. The molecule has 4 rings (SSSR count). The molecule has 1 aromatic heterocycles. The summed E-state index contributed by atoms with van der Waals surface area (Å²) in [7, 11) is -1.53. The molecule has 134 valence electrons. The predicted octanol–water partition coefficient (Wildman–Crippen LogP) is 2.16. The quantitative estimate of drug-likeness (QED) is 0.832. The van der Waals surface area contributed by atoms with Crippen molar-refractivity contribution in [2.24, 2.45) is 0 Å². The highest BCUT2D eigenvalue weighted by molar-refractivity contribution is 7.90. The van der Waals surface area contributed by atoms with Gasteiger partial charge in [-0.3, -0.25) is 0 Å². The van der Waals surface area contributed by atoms with Crippen LogP contribution in [0.25, 0.3) is 10.9 Å². The lowest BCUT2D eigenvalue weighted by Gasteiger charge is -2.38. The van der Waals surface area contributed by atoms with Gasteiger partial charge in [-0.1, -0.05) is 0 Å². The molecule has 1 atom stereocenters. The number of hydrogen-bond donors (Lipinski definition) is 0. The Kier molecular flexibility index (Phi) is 4.11. The zero-order valence-corrected chi connectivity index (χ0v) is 14.9. The van der Waals surface area contributed by atoms with Crippen LogP contribution >= 0.6 is 0 Å². The fourth-order valence-corrected chi connectivity index (χ4v) is 5.31. The molecule has 1 unspecified atom stereocenters. The van der Waals surface area contributed by atoms with Crippen LogP contribution in [0, 0.1) is 5.82 Å². The van der Waals surface area contributed by atoms with E-state index in [2.05, 4.69) is 14.9 Å². The molecule has 0 N–H and O–H groups in total. The molecule has 1 saturated carbocycles. The Hall–Kier alpha value is -1.80. The molecule has 8 heteroatoms. The molecule has 0 bridgehead atoms. The number of fused-ring (bicyclic) bond motifs is 1. The summed E-state index contributed by atoms with van der Waals surface area (Å²) in [6, 6.07) is 4.38. The largest absolute Gasteiger partial charge is 0.354 e. The third-order valence-corrected chi connectivity index (χ3v) is 7.55. The Morgan fingerprint density at radius 2 is 2.04 bits per heavy atom. The number of hydrogen-bond acceptors (Lipinski definition) is 5. The van der Waals surface area contributed by atoms with E-state index in [-0.39, 0.29) is 17.1 Å². The number of benzene rings is 1. The lowest BCUT2D eigenvalue weighted by molar-refractivity contribution is 0.319. The standard InChI is InChI=1S/C17H21FN4O2S/c1-21(25(23,24)14-5-6-14)13-3-2-8-22(10-13)17-15-9-12(18)4-7-16(15)19-11-20-17/h4,7,9,11,13-14H,2-3,5-6,8,10H2,1H3. The highest BCUT2D eigenvalue weighted by atomic mass is 32.2. The summed E-state index contributed by atoms with van der Waals surface area (Å²) in [5, 5.41) is 0.456. The van der Waals surface area contributed by atoms with Gasteiger partial charge in [0.2, 0.25) is 10.0 Å². The minimum atomic E-state index is -3.21. The molecule has 2 fully saturated rings. The maximum Gasteiger partial charge on any atom is 0.217 e. The number of sulfonamides is 1. The van der Waals surface area contributed by atoms with Crippen LogP contribution in [0.2, 0.25) is 0 Å². The monoisotopic (exact) mass is 364 g/mol. The molecule has 2 heterocycles. The summed E-state index contributed by atoms with van der Waals surface area (Å²) in [4.78, 5) is 10.6. The van der Waals surface area contributed by atoms with Crippen molar-refractivity contribution >= 4 is 26.7 Å². The maximum atomic E-state index is 13.7. The molecule has 6 nitrogen and oxygen atoms in total. The van der Waals surface area contributed by atoms with Gasteiger partial charge in [-0.05, 0) is 43.9 Å². The molecule has 1 aliphatic carbocycles. The van der Waals surface area contributed by atoms with Crippen LogP contribution in [0.4, 0.5) is 10.2 Å². The van der Waals surface area contributed by atoms with Crippen molar-refractivity contribution in [3.8, 4) is 0 Å². The molecule has 0 amide bonds. The summed E-state index contributed by atoms with van der Waals surface area (Å²) < 4.78 is 40.3. The lowest BCUT2D eigenvalue weighted by Crippen LogP contribution is -2.49. The fraction of sp³-hybridized carbons (Fsp3) is 0.529. The topological polar surface area (TPSA) is 66.4 Å². The van der Waals surface area contributed by atoms with E-state index in [1.54, 1.807) is 17.4 Å². The average molecular weight is 364 g/mol. The van der Waals surface area contributed by atoms with Crippen molar-refractivity contribution in [3.63, 3.8) is 0 Å². The molecule has 0 radical (unpaired) electrons. The van der Waals surface area contributed by atoms with Crippen molar-refractivity contribution in [1.29, 1.82) is 0 Å². The van der Waals surface area contributed by atoms with Crippen molar-refractivity contribution in [1.82, 2.24) is 14.3 Å². The number of rotatable bonds is 4. The van der Waals surface area contributed by atoms with Crippen LogP contribution < -0.4 is 4.90 Å². The predicted molar refractivity (Wildman–Crippen MR) is 94.4 cm³/mol. The molecule has 1 aromatic carbocycles. The van der Waals surface area contributed by atoms with Gasteiger partial charge in [-0.25, -0.2) is 22.8 Å². The van der Waals surface area contributed by atoms with E-state index in [1.807, 2.05) is 0 Å². The Morgan fingerprint density at radius 1 is 1.24 bits per heavy atom. The summed E-state index contributed by atoms with van der Waals surface area (Å²) in [5.41, 5.74) is 0.687. The lowest BCUT2D eigenvalue weighted by atomic mass is 10.1. The van der Waals surface area contributed by atoms with Gasteiger partial charge in [-0.2, -0.15) is 4.31 Å². The number of aromatic nitrogens is 2. The van der Waals surface area contributed by atoms with Crippen molar-refractivity contribution < 1.29 is 12.8 Å². The van der Waals surface area contributed by atoms with Crippen LogP contribution in [0.5, 0.6) is 0 Å². The zero-order valence-electron chi connectivity index (χ0n) is 14.1. The third-order valence-electron chi connectivity index (χ3n) is 5.13. The highest BCUT2D eigenvalue weighted by Gasteiger charge is 2.41. The average Bonchev–Trinajstić information content (AvgIpc) is 3.46. The number of nitrogens with zero attached hydrogens (tertiary/aromatic N) is 4. The summed E-state index contributed by atoms with van der Waals surface area (Å²) in [5.74, 6) is 0.344. The van der Waals surface area contributed by atoms with Crippen molar-refractivity contribution in [2.45, 2.75) is 37.0 Å². The second-order valence-electron chi connectivity index (χ2n) is 6.86. The summed E-state index contributed by atoms with van der Waals surface area (Å²) in [6.07, 6.45) is 4.70. The van der Waals surface area contributed by atoms with Gasteiger partial charge in [0.15, 0.2) is 0 Å². The number of halogens is 1. The van der Waals surface area contributed by atoms with E-state index in [9.17, 15) is 12.8 Å². The van der Waals surface area contributed by atoms with E-state index in [1.165, 1.54) is 18.5 Å². The maximum absolute atomic E-state index is 13.7. The third kappa shape index (κ3) is 3.08. The van der Waals surface area contributed by atoms with Gasteiger partial charge in [0.05, 0.1) is 10.8 Å². The van der Waals surface area contributed by atoms with Gasteiger partial charge in [-0.15, -0.1) is 0 Å². The van der Waals surface area contributed by atoms with Crippen LogP contribution in [0.15, 0.2) is 24.5 Å². The van der Waals surface area contributed by atoms with Gasteiger partial charge >= 0.3 is 0 Å². The first-order valence-corrected chi connectivity index (χ1v) is 10.1. The van der Waals surface area contributed by atoms with E-state index in [0.717, 1.165) is 32.2 Å². The zero-order chi connectivity index (χ0) is 17.6. The van der Waals surface area contributed by atoms with Gasteiger partial charge < -0.3 is 4.90 Å². The Labute approximate surface area is 146 Å². The molecule has 25 heavy (non-hydrogen) atoms. The first kappa shape index (κ1) is 16.7. The second kappa shape index (κ2) is 6.17. The van der Waals surface area contributed by atoms with Crippen molar-refractivity contribution in [3.05, 3.63) is 30.3 Å². The molecule has 2 aliphatic rings. The van der Waals surface area contributed by atoms with E-state index < -0.39 is 10.0 Å². The minimum Gasteiger partial charge on any atom is -0.354 e. The van der Waals surface area contributed by atoms with E-state index in [0.29, 0.717) is 23.3 Å². The minimum absolute atomic E-state index is 0.0853. The van der Waals surface area contributed by atoms with Crippen LogP contribution in [0.3, 0.4) is 0 Å². The second-order valence-corrected chi connectivity index (χ2v) is 9.13. The number of anilines is 1. The van der Waals surface area contributed by atoms with Gasteiger partial charge in [0, 0.05) is 31.6 Å². The smallest absolute Gasteiger partial charge is 0.217 e. The summed E-state index contributed by atoms with van der Waals surface area (Å²) in [6.45, 7) is 1.33. The molecule has 1 aliphatic heterocycles. The van der Waals surface area contributed by atoms with E-state index in [4.69, 9.17) is 0 Å². The first-order valence-electron chi connectivity index (χ1n) is 8.59. The van der Waals surface area contributed by atoms with Crippen LogP contribution in [0.1, 0.15) is 25.7 Å². The SMILES string of the molecule is CN(C1CCCN(c2ncnc3ccc(F)cc23)C1)S(=O)(=O)C1CC1. The molecular weight excluding hydrogens is 343 g/mol. The van der Waals surface area contributed by atoms with E-state index >= 15 is 0 Å². The van der Waals surface area contributed by atoms with Gasteiger partial charge in [0.25, 0.3) is 0 Å². The fourth-order valence-electron chi connectivity index (χ4n) is 3.52.